The maximum absolute atomic E-state index is 13.6. The lowest BCUT2D eigenvalue weighted by Crippen LogP contribution is -2.58. The molecule has 5 atom stereocenters. The van der Waals surface area contributed by atoms with E-state index in [9.17, 15) is 4.79 Å². The molecule has 2 aliphatic carbocycles. The number of carbonyl (C=O) groups excluding carboxylic acids is 1. The highest BCUT2D eigenvalue weighted by Gasteiger charge is 2.65. The summed E-state index contributed by atoms with van der Waals surface area (Å²) in [6.45, 7) is 2.42. The van der Waals surface area contributed by atoms with Crippen molar-refractivity contribution in [2.75, 3.05) is 11.9 Å². The summed E-state index contributed by atoms with van der Waals surface area (Å²) in [4.78, 5) is 13.6. The number of para-hydroxylation sites is 2. The van der Waals surface area contributed by atoms with Crippen LogP contribution < -0.4 is 10.1 Å². The Balaban J connectivity index is 1.27. The predicted molar refractivity (Wildman–Crippen MR) is 122 cm³/mol. The average Bonchev–Trinajstić information content (AvgIpc) is 3.38. The molecule has 6 rings (SSSR count). The summed E-state index contributed by atoms with van der Waals surface area (Å²) in [7, 11) is 0. The Labute approximate surface area is 200 Å². The van der Waals surface area contributed by atoms with Crippen molar-refractivity contribution in [1.82, 2.24) is 0 Å². The molecule has 2 saturated carbocycles. The lowest BCUT2D eigenvalue weighted by Gasteiger charge is -2.36. The van der Waals surface area contributed by atoms with E-state index in [2.05, 4.69) is 5.32 Å². The molecule has 2 spiro atoms. The van der Waals surface area contributed by atoms with E-state index in [1.807, 2.05) is 31.2 Å². The van der Waals surface area contributed by atoms with Gasteiger partial charge in [-0.15, -0.1) is 0 Å². The number of fused-ring (bicyclic) bond motifs is 3. The quantitative estimate of drug-likeness (QED) is 0.699. The highest BCUT2D eigenvalue weighted by molar-refractivity contribution is 5.96. The van der Waals surface area contributed by atoms with E-state index in [-0.39, 0.29) is 5.91 Å². The van der Waals surface area contributed by atoms with Gasteiger partial charge in [-0.2, -0.15) is 0 Å². The molecule has 3 aliphatic heterocycles. The van der Waals surface area contributed by atoms with Gasteiger partial charge in [-0.05, 0) is 44.7 Å². The molecular formula is C26H35NO7. The molecule has 8 nitrogen and oxygen atoms in total. The smallest absolute Gasteiger partial charge is 0.256 e. The number of amides is 1. The zero-order valence-electron chi connectivity index (χ0n) is 19.8. The van der Waals surface area contributed by atoms with Gasteiger partial charge in [-0.3, -0.25) is 4.79 Å². The monoisotopic (exact) mass is 473 g/mol. The largest absolute Gasteiger partial charge is 0.492 e. The van der Waals surface area contributed by atoms with Crippen molar-refractivity contribution in [1.29, 1.82) is 0 Å². The third-order valence-electron chi connectivity index (χ3n) is 7.81. The van der Waals surface area contributed by atoms with E-state index in [4.69, 9.17) is 28.4 Å². The first kappa shape index (κ1) is 22.7. The Kier molecular flexibility index (Phi) is 6.06. The van der Waals surface area contributed by atoms with E-state index in [1.165, 1.54) is 12.8 Å². The first-order valence-electron chi connectivity index (χ1n) is 13.0. The number of nitrogens with one attached hydrogen (secondary N) is 1. The second-order valence-electron chi connectivity index (χ2n) is 10.2. The van der Waals surface area contributed by atoms with Crippen molar-refractivity contribution in [2.24, 2.45) is 0 Å². The summed E-state index contributed by atoms with van der Waals surface area (Å²) < 4.78 is 38.1. The van der Waals surface area contributed by atoms with Gasteiger partial charge < -0.3 is 33.7 Å². The second-order valence-corrected chi connectivity index (χ2v) is 10.2. The summed E-state index contributed by atoms with van der Waals surface area (Å²) in [6, 6.07) is 7.41. The Morgan fingerprint density at radius 3 is 2.21 bits per heavy atom. The van der Waals surface area contributed by atoms with Gasteiger partial charge in [0, 0.05) is 25.7 Å². The predicted octanol–water partition coefficient (Wildman–Crippen LogP) is 4.27. The molecule has 5 fully saturated rings. The zero-order chi connectivity index (χ0) is 23.2. The maximum Gasteiger partial charge on any atom is 0.256 e. The Hall–Kier alpha value is -1.71. The molecule has 186 valence electrons. The molecular weight excluding hydrogens is 438 g/mol. The molecule has 5 aliphatic rings. The molecule has 3 saturated heterocycles. The van der Waals surface area contributed by atoms with Crippen molar-refractivity contribution in [3.05, 3.63) is 24.3 Å². The average molecular weight is 474 g/mol. The molecule has 8 heteroatoms. The molecule has 0 radical (unpaired) electrons. The molecule has 0 aromatic heterocycles. The van der Waals surface area contributed by atoms with Crippen molar-refractivity contribution >= 4 is 11.6 Å². The first-order chi connectivity index (χ1) is 16.6. The van der Waals surface area contributed by atoms with Gasteiger partial charge in [0.1, 0.15) is 24.1 Å². The fourth-order valence-electron chi connectivity index (χ4n) is 6.22. The van der Waals surface area contributed by atoms with Crippen LogP contribution in [0.5, 0.6) is 5.75 Å². The highest BCUT2D eigenvalue weighted by Crippen LogP contribution is 2.51. The fourth-order valence-corrected chi connectivity index (χ4v) is 6.22. The number of hydrogen-bond donors (Lipinski definition) is 1. The first-order valence-corrected chi connectivity index (χ1v) is 13.0. The molecule has 1 aromatic carbocycles. The fraction of sp³-hybridized carbons (Fsp3) is 0.731. The van der Waals surface area contributed by atoms with Gasteiger partial charge in [-0.25, -0.2) is 0 Å². The summed E-state index contributed by atoms with van der Waals surface area (Å²) in [5, 5.41) is 3.00. The van der Waals surface area contributed by atoms with Gasteiger partial charge in [-0.1, -0.05) is 25.0 Å². The summed E-state index contributed by atoms with van der Waals surface area (Å²) in [6.07, 6.45) is 7.02. The summed E-state index contributed by atoms with van der Waals surface area (Å²) in [5.41, 5.74) is 0.607. The van der Waals surface area contributed by atoms with Crippen LogP contribution in [-0.4, -0.2) is 54.8 Å². The summed E-state index contributed by atoms with van der Waals surface area (Å²) >= 11 is 0. The Morgan fingerprint density at radius 2 is 1.50 bits per heavy atom. The standard InChI is InChI=1S/C26H35NO7/c1-2-29-18-12-6-5-11-17(18)27-23(28)21-19-20(32-25(31-19)13-7-3-8-14-25)22-24(30-21)34-26(33-22)15-9-4-10-16-26/h5-6,11-12,19-22,24H,2-4,7-10,13-16H2,1H3,(H,27,28)/t19-,20+,21-,22-,24+/m1/s1. The summed E-state index contributed by atoms with van der Waals surface area (Å²) in [5.74, 6) is -0.974. The van der Waals surface area contributed by atoms with Crippen molar-refractivity contribution in [3.63, 3.8) is 0 Å². The molecule has 3 heterocycles. The number of hydrogen-bond acceptors (Lipinski definition) is 7. The lowest BCUT2D eigenvalue weighted by molar-refractivity contribution is -0.246. The van der Waals surface area contributed by atoms with Crippen LogP contribution in [0.1, 0.15) is 71.1 Å². The van der Waals surface area contributed by atoms with Crippen LogP contribution in [0.2, 0.25) is 0 Å². The number of anilines is 1. The van der Waals surface area contributed by atoms with Gasteiger partial charge in [0.2, 0.25) is 0 Å². The number of rotatable bonds is 4. The van der Waals surface area contributed by atoms with Crippen LogP contribution in [0, 0.1) is 0 Å². The second kappa shape index (κ2) is 9.06. The van der Waals surface area contributed by atoms with Crippen LogP contribution >= 0.6 is 0 Å². The lowest BCUT2D eigenvalue weighted by atomic mass is 9.94. The van der Waals surface area contributed by atoms with E-state index < -0.39 is 42.3 Å². The minimum Gasteiger partial charge on any atom is -0.492 e. The molecule has 0 unspecified atom stereocenters. The van der Waals surface area contributed by atoms with Crippen molar-refractivity contribution < 1.29 is 33.2 Å². The van der Waals surface area contributed by atoms with E-state index in [0.29, 0.717) is 18.0 Å². The third-order valence-corrected chi connectivity index (χ3v) is 7.81. The van der Waals surface area contributed by atoms with Gasteiger partial charge in [0.25, 0.3) is 5.91 Å². The Bertz CT molecular complexity index is 895. The minimum atomic E-state index is -0.871. The number of carbonyl (C=O) groups is 1. The zero-order valence-corrected chi connectivity index (χ0v) is 19.8. The van der Waals surface area contributed by atoms with E-state index in [0.717, 1.165) is 51.4 Å². The van der Waals surface area contributed by atoms with Crippen LogP contribution in [-0.2, 0) is 28.5 Å². The third kappa shape index (κ3) is 4.03. The molecule has 0 bridgehead atoms. The van der Waals surface area contributed by atoms with Crippen LogP contribution in [0.3, 0.4) is 0 Å². The van der Waals surface area contributed by atoms with Crippen molar-refractivity contribution in [2.45, 2.75) is 113 Å². The molecule has 1 aromatic rings. The highest BCUT2D eigenvalue weighted by atomic mass is 16.9. The Morgan fingerprint density at radius 1 is 0.882 bits per heavy atom. The van der Waals surface area contributed by atoms with Crippen molar-refractivity contribution in [3.8, 4) is 5.75 Å². The van der Waals surface area contributed by atoms with Gasteiger partial charge in [0.05, 0.1) is 12.3 Å². The molecule has 1 amide bonds. The van der Waals surface area contributed by atoms with E-state index in [1.54, 1.807) is 0 Å². The van der Waals surface area contributed by atoms with Crippen LogP contribution in [0.25, 0.3) is 0 Å². The van der Waals surface area contributed by atoms with Crippen LogP contribution in [0.15, 0.2) is 24.3 Å². The number of benzene rings is 1. The van der Waals surface area contributed by atoms with E-state index >= 15 is 0 Å². The van der Waals surface area contributed by atoms with Gasteiger partial charge in [0.15, 0.2) is 24.0 Å². The van der Waals surface area contributed by atoms with Crippen LogP contribution in [0.4, 0.5) is 5.69 Å². The number of ether oxygens (including phenoxy) is 6. The maximum atomic E-state index is 13.6. The minimum absolute atomic E-state index is 0.287. The SMILES string of the molecule is CCOc1ccccc1NC(=O)[C@@H]1O[C@H]2OC3(CCCCC3)O[C@@H]2[C@H]2OC3(CCCCC3)O[C@H]21. The normalized spacial score (nSPS) is 35.6. The molecule has 1 N–H and O–H groups in total. The molecule has 34 heavy (non-hydrogen) atoms. The van der Waals surface area contributed by atoms with Gasteiger partial charge >= 0.3 is 0 Å². The topological polar surface area (TPSA) is 84.5 Å².